The van der Waals surface area contributed by atoms with Crippen molar-refractivity contribution in [3.63, 3.8) is 0 Å². The van der Waals surface area contributed by atoms with Crippen LogP contribution in [0.2, 0.25) is 0 Å². The molecule has 0 unspecified atom stereocenters. The van der Waals surface area contributed by atoms with Crippen LogP contribution < -0.4 is 0 Å². The zero-order valence-corrected chi connectivity index (χ0v) is 9.54. The zero-order chi connectivity index (χ0) is 11.7. The van der Waals surface area contributed by atoms with Crippen LogP contribution in [0.25, 0.3) is 6.08 Å². The van der Waals surface area contributed by atoms with Crippen molar-refractivity contribution in [2.24, 2.45) is 4.99 Å². The third-order valence-electron chi connectivity index (χ3n) is 2.76. The van der Waals surface area contributed by atoms with E-state index in [0.717, 1.165) is 23.5 Å². The average molecular weight is 224 g/mol. The summed E-state index contributed by atoms with van der Waals surface area (Å²) in [4.78, 5) is 12.6. The highest BCUT2D eigenvalue weighted by atomic mass is 15.0. The molecule has 4 nitrogen and oxygen atoms in total. The summed E-state index contributed by atoms with van der Waals surface area (Å²) in [6.07, 6.45) is 9.20. The molecular formula is C13H12N4. The molecule has 3 rings (SSSR count). The Morgan fingerprint density at radius 2 is 2.12 bits per heavy atom. The SMILES string of the molecule is CC1=N/C(=C\c2cncnc2)Cn2cccc21. The second-order valence-electron chi connectivity index (χ2n) is 4.03. The summed E-state index contributed by atoms with van der Waals surface area (Å²) in [5, 5.41) is 0. The van der Waals surface area contributed by atoms with Gasteiger partial charge in [-0.2, -0.15) is 0 Å². The fourth-order valence-corrected chi connectivity index (χ4v) is 2.02. The molecule has 0 aliphatic carbocycles. The molecule has 0 spiro atoms. The largest absolute Gasteiger partial charge is 0.341 e. The Labute approximate surface area is 99.4 Å². The molecule has 2 aromatic rings. The minimum Gasteiger partial charge on any atom is -0.341 e. The molecular weight excluding hydrogens is 212 g/mol. The van der Waals surface area contributed by atoms with Crippen molar-refractivity contribution in [1.29, 1.82) is 0 Å². The maximum Gasteiger partial charge on any atom is 0.115 e. The second-order valence-corrected chi connectivity index (χ2v) is 4.03. The Morgan fingerprint density at radius 1 is 1.29 bits per heavy atom. The molecule has 0 saturated carbocycles. The molecule has 84 valence electrons. The summed E-state index contributed by atoms with van der Waals surface area (Å²) in [7, 11) is 0. The van der Waals surface area contributed by atoms with Crippen LogP contribution in [0.15, 0.2) is 47.7 Å². The smallest absolute Gasteiger partial charge is 0.115 e. The lowest BCUT2D eigenvalue weighted by atomic mass is 10.2. The standard InChI is InChI=1S/C13H12N4/c1-10-13-3-2-4-17(13)8-12(16-10)5-11-6-14-9-15-7-11/h2-7,9H,8H2,1H3/b12-5-. The molecule has 0 fully saturated rings. The fraction of sp³-hybridized carbons (Fsp3) is 0.154. The molecule has 3 heterocycles. The molecule has 0 radical (unpaired) electrons. The van der Waals surface area contributed by atoms with E-state index in [1.54, 1.807) is 12.4 Å². The number of fused-ring (bicyclic) bond motifs is 1. The van der Waals surface area contributed by atoms with Crippen molar-refractivity contribution in [2.45, 2.75) is 13.5 Å². The highest BCUT2D eigenvalue weighted by Crippen LogP contribution is 2.18. The lowest BCUT2D eigenvalue weighted by Gasteiger charge is -2.15. The first-order valence-corrected chi connectivity index (χ1v) is 5.49. The van der Waals surface area contributed by atoms with Gasteiger partial charge in [0, 0.05) is 24.2 Å². The van der Waals surface area contributed by atoms with E-state index in [-0.39, 0.29) is 0 Å². The quantitative estimate of drug-likeness (QED) is 0.744. The Morgan fingerprint density at radius 3 is 2.94 bits per heavy atom. The van der Waals surface area contributed by atoms with E-state index in [2.05, 4.69) is 31.8 Å². The summed E-state index contributed by atoms with van der Waals surface area (Å²) < 4.78 is 2.19. The lowest BCUT2D eigenvalue weighted by molar-refractivity contribution is 0.761. The highest BCUT2D eigenvalue weighted by molar-refractivity contribution is 5.99. The number of hydrogen-bond donors (Lipinski definition) is 0. The predicted molar refractivity (Wildman–Crippen MR) is 66.7 cm³/mol. The summed E-state index contributed by atoms with van der Waals surface area (Å²) in [6.45, 7) is 2.83. The number of allylic oxidation sites excluding steroid dienone is 1. The number of nitrogens with zero attached hydrogens (tertiary/aromatic N) is 4. The molecule has 4 heteroatoms. The molecule has 1 aliphatic rings. The monoisotopic (exact) mass is 224 g/mol. The lowest BCUT2D eigenvalue weighted by Crippen LogP contribution is -2.13. The Hall–Kier alpha value is -2.23. The van der Waals surface area contributed by atoms with Gasteiger partial charge in [-0.1, -0.05) is 0 Å². The summed E-state index contributed by atoms with van der Waals surface area (Å²) in [6, 6.07) is 4.13. The topological polar surface area (TPSA) is 43.1 Å². The van der Waals surface area contributed by atoms with Crippen molar-refractivity contribution in [2.75, 3.05) is 0 Å². The molecule has 0 bridgehead atoms. The first kappa shape index (κ1) is 9.96. The number of rotatable bonds is 1. The van der Waals surface area contributed by atoms with Gasteiger partial charge in [-0.15, -0.1) is 0 Å². The van der Waals surface area contributed by atoms with Gasteiger partial charge in [-0.25, -0.2) is 9.97 Å². The van der Waals surface area contributed by atoms with Crippen molar-refractivity contribution < 1.29 is 0 Å². The van der Waals surface area contributed by atoms with Gasteiger partial charge in [-0.3, -0.25) is 4.99 Å². The van der Waals surface area contributed by atoms with Crippen LogP contribution >= 0.6 is 0 Å². The van der Waals surface area contributed by atoms with E-state index in [0.29, 0.717) is 0 Å². The van der Waals surface area contributed by atoms with E-state index in [9.17, 15) is 0 Å². The Kier molecular flexibility index (Phi) is 2.33. The van der Waals surface area contributed by atoms with Crippen LogP contribution in [0, 0.1) is 0 Å². The van der Waals surface area contributed by atoms with Crippen molar-refractivity contribution in [3.8, 4) is 0 Å². The van der Waals surface area contributed by atoms with Gasteiger partial charge in [0.1, 0.15) is 6.33 Å². The van der Waals surface area contributed by atoms with Crippen molar-refractivity contribution in [3.05, 3.63) is 54.0 Å². The first-order chi connectivity index (χ1) is 8.33. The Balaban J connectivity index is 1.98. The van der Waals surface area contributed by atoms with Crippen molar-refractivity contribution in [1.82, 2.24) is 14.5 Å². The van der Waals surface area contributed by atoms with Crippen LogP contribution in [0.5, 0.6) is 0 Å². The molecule has 0 amide bonds. The van der Waals surface area contributed by atoms with Crippen LogP contribution in [-0.4, -0.2) is 20.2 Å². The summed E-state index contributed by atoms with van der Waals surface area (Å²) >= 11 is 0. The van der Waals surface area contributed by atoms with Gasteiger partial charge in [0.2, 0.25) is 0 Å². The molecule has 2 aromatic heterocycles. The third-order valence-corrected chi connectivity index (χ3v) is 2.76. The summed E-state index contributed by atoms with van der Waals surface area (Å²) in [5.41, 5.74) is 4.24. The van der Waals surface area contributed by atoms with Gasteiger partial charge in [0.05, 0.1) is 23.6 Å². The first-order valence-electron chi connectivity index (χ1n) is 5.49. The van der Waals surface area contributed by atoms with Crippen molar-refractivity contribution >= 4 is 11.8 Å². The second kappa shape index (κ2) is 3.97. The normalized spacial score (nSPS) is 16.8. The molecule has 0 saturated heterocycles. The maximum atomic E-state index is 4.59. The minimum atomic E-state index is 0.800. The van der Waals surface area contributed by atoms with Crippen LogP contribution in [-0.2, 0) is 6.54 Å². The van der Waals surface area contributed by atoms with Crippen LogP contribution in [0.4, 0.5) is 0 Å². The average Bonchev–Trinajstić information content (AvgIpc) is 2.79. The molecule has 0 N–H and O–H groups in total. The van der Waals surface area contributed by atoms with E-state index in [1.807, 2.05) is 19.1 Å². The molecule has 1 aliphatic heterocycles. The van der Waals surface area contributed by atoms with Crippen LogP contribution in [0.1, 0.15) is 18.2 Å². The van der Waals surface area contributed by atoms with Crippen LogP contribution in [0.3, 0.4) is 0 Å². The maximum absolute atomic E-state index is 4.59. The number of aromatic nitrogens is 3. The molecule has 0 aromatic carbocycles. The third kappa shape index (κ3) is 1.89. The molecule has 17 heavy (non-hydrogen) atoms. The predicted octanol–water partition coefficient (Wildman–Crippen LogP) is 2.14. The van der Waals surface area contributed by atoms with E-state index < -0.39 is 0 Å². The fourth-order valence-electron chi connectivity index (χ4n) is 2.02. The van der Waals surface area contributed by atoms with E-state index in [4.69, 9.17) is 0 Å². The minimum absolute atomic E-state index is 0.800. The van der Waals surface area contributed by atoms with E-state index >= 15 is 0 Å². The van der Waals surface area contributed by atoms with E-state index in [1.165, 1.54) is 12.0 Å². The van der Waals surface area contributed by atoms with Gasteiger partial charge >= 0.3 is 0 Å². The highest BCUT2D eigenvalue weighted by Gasteiger charge is 2.12. The zero-order valence-electron chi connectivity index (χ0n) is 9.54. The Bertz CT molecular complexity index is 593. The van der Waals surface area contributed by atoms with Gasteiger partial charge in [0.15, 0.2) is 0 Å². The number of hydrogen-bond acceptors (Lipinski definition) is 3. The van der Waals surface area contributed by atoms with Gasteiger partial charge in [0.25, 0.3) is 0 Å². The summed E-state index contributed by atoms with van der Waals surface area (Å²) in [5.74, 6) is 0. The van der Waals surface area contributed by atoms with Gasteiger partial charge < -0.3 is 4.57 Å². The molecule has 0 atom stereocenters. The van der Waals surface area contributed by atoms with Gasteiger partial charge in [-0.05, 0) is 25.1 Å². The number of aliphatic imine (C=N–C) groups is 1.